The maximum Gasteiger partial charge on any atom is 0.315 e. The zero-order valence-electron chi connectivity index (χ0n) is 11.6. The number of nitrogens with one attached hydrogen (secondary N) is 2. The summed E-state index contributed by atoms with van der Waals surface area (Å²) in [5.74, 6) is 0. The molecule has 0 heterocycles. The zero-order chi connectivity index (χ0) is 14.2. The van der Waals surface area contributed by atoms with E-state index in [1.807, 2.05) is 36.4 Å². The van der Waals surface area contributed by atoms with Crippen molar-refractivity contribution in [1.29, 1.82) is 0 Å². The summed E-state index contributed by atoms with van der Waals surface area (Å²) in [6.07, 6.45) is 7.29. The van der Waals surface area contributed by atoms with Gasteiger partial charge >= 0.3 is 6.03 Å². The molecule has 3 N–H and O–H groups in total. The van der Waals surface area contributed by atoms with E-state index in [-0.39, 0.29) is 18.6 Å². The lowest BCUT2D eigenvalue weighted by atomic mass is 10.0. The number of hydrogen-bond donors (Lipinski definition) is 3. The molecule has 2 amide bonds. The second-order valence-corrected chi connectivity index (χ2v) is 5.16. The summed E-state index contributed by atoms with van der Waals surface area (Å²) >= 11 is 0. The molecular formula is C16H22N2O2. The Morgan fingerprint density at radius 1 is 1.35 bits per heavy atom. The molecule has 0 aliphatic heterocycles. The molecule has 2 unspecified atom stereocenters. The first-order valence-corrected chi connectivity index (χ1v) is 7.17. The number of carbonyl (C=O) groups excluding carboxylic acids is 1. The van der Waals surface area contributed by atoms with Crippen LogP contribution in [0.3, 0.4) is 0 Å². The number of aliphatic hydroxyl groups is 1. The van der Waals surface area contributed by atoms with Crippen molar-refractivity contribution in [3.63, 3.8) is 0 Å². The van der Waals surface area contributed by atoms with Crippen molar-refractivity contribution in [2.45, 2.75) is 37.8 Å². The summed E-state index contributed by atoms with van der Waals surface area (Å²) in [5, 5.41) is 15.5. The van der Waals surface area contributed by atoms with Crippen molar-refractivity contribution in [2.75, 3.05) is 6.54 Å². The first-order chi connectivity index (χ1) is 9.74. The van der Waals surface area contributed by atoms with Gasteiger partial charge in [0.2, 0.25) is 0 Å². The van der Waals surface area contributed by atoms with E-state index in [1.165, 1.54) is 0 Å². The third-order valence-electron chi connectivity index (χ3n) is 3.38. The molecule has 4 heteroatoms. The van der Waals surface area contributed by atoms with Crippen molar-refractivity contribution in [2.24, 2.45) is 0 Å². The van der Waals surface area contributed by atoms with Gasteiger partial charge in [0.25, 0.3) is 0 Å². The van der Waals surface area contributed by atoms with E-state index < -0.39 is 6.10 Å². The Balaban J connectivity index is 1.67. The van der Waals surface area contributed by atoms with Crippen molar-refractivity contribution in [3.05, 3.63) is 48.0 Å². The molecule has 0 radical (unpaired) electrons. The number of rotatable bonds is 5. The highest BCUT2D eigenvalue weighted by molar-refractivity contribution is 5.74. The molecule has 1 aromatic carbocycles. The minimum Gasteiger partial charge on any atom is -0.391 e. The predicted octanol–water partition coefficient (Wildman–Crippen LogP) is 2.00. The van der Waals surface area contributed by atoms with Gasteiger partial charge in [0.15, 0.2) is 0 Å². The van der Waals surface area contributed by atoms with Crippen LogP contribution in [0.4, 0.5) is 4.79 Å². The average Bonchev–Trinajstić information content (AvgIpc) is 2.47. The van der Waals surface area contributed by atoms with Crippen molar-refractivity contribution < 1.29 is 9.90 Å². The van der Waals surface area contributed by atoms with E-state index in [2.05, 4.69) is 16.7 Å². The molecule has 0 saturated heterocycles. The molecule has 1 aliphatic rings. The number of urea groups is 1. The first kappa shape index (κ1) is 14.6. The Bertz CT molecular complexity index is 445. The summed E-state index contributed by atoms with van der Waals surface area (Å²) in [7, 11) is 0. The maximum absolute atomic E-state index is 11.7. The van der Waals surface area contributed by atoms with Crippen LogP contribution < -0.4 is 10.6 Å². The van der Waals surface area contributed by atoms with Gasteiger partial charge in [-0.05, 0) is 24.8 Å². The fourth-order valence-corrected chi connectivity index (χ4v) is 2.32. The van der Waals surface area contributed by atoms with Gasteiger partial charge in [-0.15, -0.1) is 0 Å². The predicted molar refractivity (Wildman–Crippen MR) is 79.5 cm³/mol. The molecule has 1 aromatic rings. The average molecular weight is 274 g/mol. The Morgan fingerprint density at radius 3 is 2.85 bits per heavy atom. The summed E-state index contributed by atoms with van der Waals surface area (Å²) in [4.78, 5) is 11.7. The number of amides is 2. The smallest absolute Gasteiger partial charge is 0.315 e. The SMILES string of the molecule is O=C(NCC(O)Cc1ccccc1)NC1C=CCCC1. The van der Waals surface area contributed by atoms with Crippen LogP contribution in [-0.4, -0.2) is 29.8 Å². The van der Waals surface area contributed by atoms with Crippen LogP contribution in [0.5, 0.6) is 0 Å². The molecule has 0 saturated carbocycles. The second kappa shape index (κ2) is 7.70. The third-order valence-corrected chi connectivity index (χ3v) is 3.38. The number of carbonyl (C=O) groups is 1. The lowest BCUT2D eigenvalue weighted by Gasteiger charge is -2.19. The second-order valence-electron chi connectivity index (χ2n) is 5.16. The van der Waals surface area contributed by atoms with E-state index in [1.54, 1.807) is 0 Å². The van der Waals surface area contributed by atoms with Gasteiger partial charge in [-0.2, -0.15) is 0 Å². The number of aliphatic hydroxyl groups excluding tert-OH is 1. The first-order valence-electron chi connectivity index (χ1n) is 7.17. The molecule has 0 aromatic heterocycles. The van der Waals surface area contributed by atoms with Crippen LogP contribution >= 0.6 is 0 Å². The highest BCUT2D eigenvalue weighted by Crippen LogP contribution is 2.09. The Kier molecular flexibility index (Phi) is 5.62. The minimum absolute atomic E-state index is 0.120. The Morgan fingerprint density at radius 2 is 2.15 bits per heavy atom. The van der Waals surface area contributed by atoms with Crippen LogP contribution in [0.2, 0.25) is 0 Å². The number of hydrogen-bond acceptors (Lipinski definition) is 2. The van der Waals surface area contributed by atoms with Gasteiger partial charge in [-0.1, -0.05) is 42.5 Å². The molecule has 2 atom stereocenters. The highest BCUT2D eigenvalue weighted by Gasteiger charge is 2.12. The Hall–Kier alpha value is -1.81. The van der Waals surface area contributed by atoms with Crippen LogP contribution in [0.1, 0.15) is 24.8 Å². The third kappa shape index (κ3) is 5.05. The molecule has 0 fully saturated rings. The van der Waals surface area contributed by atoms with E-state index in [9.17, 15) is 9.90 Å². The summed E-state index contributed by atoms with van der Waals surface area (Å²) in [6.45, 7) is 0.261. The molecular weight excluding hydrogens is 252 g/mol. The molecule has 0 bridgehead atoms. The maximum atomic E-state index is 11.7. The topological polar surface area (TPSA) is 61.4 Å². The van der Waals surface area contributed by atoms with Gasteiger partial charge in [0.05, 0.1) is 6.10 Å². The summed E-state index contributed by atoms with van der Waals surface area (Å²) in [6, 6.07) is 9.67. The van der Waals surface area contributed by atoms with Gasteiger partial charge in [-0.3, -0.25) is 0 Å². The monoisotopic (exact) mass is 274 g/mol. The fourth-order valence-electron chi connectivity index (χ4n) is 2.32. The minimum atomic E-state index is -0.565. The molecule has 4 nitrogen and oxygen atoms in total. The van der Waals surface area contributed by atoms with Crippen molar-refractivity contribution in [1.82, 2.24) is 10.6 Å². The summed E-state index contributed by atoms with van der Waals surface area (Å²) < 4.78 is 0. The van der Waals surface area contributed by atoms with Gasteiger partial charge in [-0.25, -0.2) is 4.79 Å². The molecule has 20 heavy (non-hydrogen) atoms. The normalized spacial score (nSPS) is 19.4. The number of benzene rings is 1. The quantitative estimate of drug-likeness (QED) is 0.719. The molecule has 1 aliphatic carbocycles. The van der Waals surface area contributed by atoms with Crippen LogP contribution in [-0.2, 0) is 6.42 Å². The van der Waals surface area contributed by atoms with E-state index in [4.69, 9.17) is 0 Å². The van der Waals surface area contributed by atoms with Crippen molar-refractivity contribution >= 4 is 6.03 Å². The zero-order valence-corrected chi connectivity index (χ0v) is 11.6. The number of allylic oxidation sites excluding steroid dienone is 1. The van der Waals surface area contributed by atoms with Gasteiger partial charge in [0.1, 0.15) is 0 Å². The summed E-state index contributed by atoms with van der Waals surface area (Å²) in [5.41, 5.74) is 1.07. The standard InChI is InChI=1S/C16H22N2O2/c19-15(11-13-7-3-1-4-8-13)12-17-16(20)18-14-9-5-2-6-10-14/h1,3-5,7-9,14-15,19H,2,6,10-12H2,(H2,17,18,20). The van der Waals surface area contributed by atoms with Crippen LogP contribution in [0.15, 0.2) is 42.5 Å². The fraction of sp³-hybridized carbons (Fsp3) is 0.438. The van der Waals surface area contributed by atoms with E-state index >= 15 is 0 Å². The Labute approximate surface area is 119 Å². The van der Waals surface area contributed by atoms with Gasteiger partial charge < -0.3 is 15.7 Å². The van der Waals surface area contributed by atoms with E-state index in [0.717, 1.165) is 24.8 Å². The lowest BCUT2D eigenvalue weighted by Crippen LogP contribution is -2.44. The van der Waals surface area contributed by atoms with E-state index in [0.29, 0.717) is 6.42 Å². The molecule has 108 valence electrons. The van der Waals surface area contributed by atoms with Crippen molar-refractivity contribution in [3.8, 4) is 0 Å². The highest BCUT2D eigenvalue weighted by atomic mass is 16.3. The van der Waals surface area contributed by atoms with Crippen LogP contribution in [0, 0.1) is 0 Å². The van der Waals surface area contributed by atoms with Crippen LogP contribution in [0.25, 0.3) is 0 Å². The van der Waals surface area contributed by atoms with Gasteiger partial charge in [0, 0.05) is 19.0 Å². The molecule has 0 spiro atoms. The molecule has 2 rings (SSSR count). The lowest BCUT2D eigenvalue weighted by molar-refractivity contribution is 0.170. The largest absolute Gasteiger partial charge is 0.391 e.